The summed E-state index contributed by atoms with van der Waals surface area (Å²) in [6.07, 6.45) is -1.30. The highest BCUT2D eigenvalue weighted by Gasteiger charge is 2.29. The molecule has 3 aromatic rings. The fraction of sp³-hybridized carbons (Fsp3) is 0.462. The van der Waals surface area contributed by atoms with E-state index in [0.717, 1.165) is 57.9 Å². The highest BCUT2D eigenvalue weighted by atomic mass is 16.5. The van der Waals surface area contributed by atoms with Gasteiger partial charge in [-0.2, -0.15) is 0 Å². The molecule has 2 heterocycles. The van der Waals surface area contributed by atoms with Crippen LogP contribution in [0.15, 0.2) is 24.3 Å². The molecular weight excluding hydrogens is 404 g/mol. The van der Waals surface area contributed by atoms with Gasteiger partial charge in [0.15, 0.2) is 6.29 Å². The van der Waals surface area contributed by atoms with E-state index < -0.39 is 11.9 Å². The van der Waals surface area contributed by atoms with Crippen LogP contribution < -0.4 is 14.4 Å². The minimum Gasteiger partial charge on any atom is -0.497 e. The summed E-state index contributed by atoms with van der Waals surface area (Å²) in [6.45, 7) is 12.1. The van der Waals surface area contributed by atoms with Gasteiger partial charge in [-0.3, -0.25) is 0 Å². The maximum atomic E-state index is 10.0. The number of aromatic nitrogens is 1. The number of nitrogens with zero attached hydrogens (tertiary/aromatic N) is 2. The van der Waals surface area contributed by atoms with Gasteiger partial charge in [0.05, 0.1) is 18.3 Å². The molecule has 0 radical (unpaired) electrons. The lowest BCUT2D eigenvalue weighted by molar-refractivity contribution is -0.0381. The van der Waals surface area contributed by atoms with Gasteiger partial charge < -0.3 is 29.2 Å². The summed E-state index contributed by atoms with van der Waals surface area (Å²) in [7, 11) is 3.75. The molecule has 0 saturated heterocycles. The van der Waals surface area contributed by atoms with Crippen molar-refractivity contribution >= 4 is 16.6 Å². The Morgan fingerprint density at radius 2 is 1.81 bits per heavy atom. The number of ether oxygens (including phenoxy) is 2. The van der Waals surface area contributed by atoms with Crippen molar-refractivity contribution in [2.24, 2.45) is 0 Å². The lowest BCUT2D eigenvalue weighted by atomic mass is 9.88. The molecule has 1 aromatic heterocycles. The number of hydrogen-bond acceptors (Lipinski definition) is 5. The highest BCUT2D eigenvalue weighted by molar-refractivity contribution is 6.07. The van der Waals surface area contributed by atoms with Crippen molar-refractivity contribution in [1.29, 1.82) is 0 Å². The molecule has 4 rings (SSSR count). The standard InChI is InChI=1S/C26H34N2O4/c1-15-12-20-23(18-9-8-17(31-7)13-21(18)32-26(3,4)5)19(14-22(29)30)16(2)24-25(20)28(15)11-10-27(24)6/h8-9,12-13,22,29-30H,10-11,14H2,1-7H3. The first-order valence-corrected chi connectivity index (χ1v) is 11.1. The first-order chi connectivity index (χ1) is 15.0. The minimum atomic E-state index is -1.44. The number of benzene rings is 2. The van der Waals surface area contributed by atoms with Gasteiger partial charge in [-0.25, -0.2) is 0 Å². The zero-order chi connectivity index (χ0) is 23.4. The highest BCUT2D eigenvalue weighted by Crippen LogP contribution is 2.47. The number of hydrogen-bond donors (Lipinski definition) is 2. The maximum Gasteiger partial charge on any atom is 0.155 e. The van der Waals surface area contributed by atoms with Crippen LogP contribution in [0.4, 0.5) is 5.69 Å². The number of aliphatic hydroxyl groups excluding tert-OH is 1. The number of aliphatic hydroxyl groups is 2. The van der Waals surface area contributed by atoms with Crippen LogP contribution in [-0.2, 0) is 13.0 Å². The third-order valence-electron chi connectivity index (χ3n) is 6.21. The molecule has 172 valence electrons. The Bertz CT molecular complexity index is 1170. The van der Waals surface area contributed by atoms with Crippen molar-refractivity contribution < 1.29 is 19.7 Å². The lowest BCUT2D eigenvalue weighted by Crippen LogP contribution is -2.29. The van der Waals surface area contributed by atoms with Gasteiger partial charge in [-0.1, -0.05) is 0 Å². The van der Waals surface area contributed by atoms with Gasteiger partial charge in [0.25, 0.3) is 0 Å². The second kappa shape index (κ2) is 8.01. The van der Waals surface area contributed by atoms with Crippen LogP contribution in [0.1, 0.15) is 37.6 Å². The summed E-state index contributed by atoms with van der Waals surface area (Å²) in [6, 6.07) is 8.08. The minimum absolute atomic E-state index is 0.142. The molecule has 0 amide bonds. The van der Waals surface area contributed by atoms with E-state index >= 15 is 0 Å². The molecule has 2 N–H and O–H groups in total. The van der Waals surface area contributed by atoms with E-state index in [2.05, 4.69) is 36.4 Å². The normalized spacial score (nSPS) is 13.9. The molecule has 6 heteroatoms. The molecule has 0 spiro atoms. The van der Waals surface area contributed by atoms with Gasteiger partial charge >= 0.3 is 0 Å². The van der Waals surface area contributed by atoms with Gasteiger partial charge in [-0.05, 0) is 69.5 Å². The van der Waals surface area contributed by atoms with Gasteiger partial charge in [0, 0.05) is 49.3 Å². The molecule has 1 aliphatic rings. The quantitative estimate of drug-likeness (QED) is 0.578. The van der Waals surface area contributed by atoms with E-state index in [1.54, 1.807) is 7.11 Å². The molecular formula is C26H34N2O4. The molecule has 0 aliphatic carbocycles. The van der Waals surface area contributed by atoms with Crippen LogP contribution in [0.25, 0.3) is 22.0 Å². The third-order valence-corrected chi connectivity index (χ3v) is 6.21. The first-order valence-electron chi connectivity index (χ1n) is 11.1. The molecule has 1 aliphatic heterocycles. The van der Waals surface area contributed by atoms with Crippen LogP contribution in [0.5, 0.6) is 11.5 Å². The number of rotatable bonds is 5. The lowest BCUT2D eigenvalue weighted by Gasteiger charge is -2.32. The van der Waals surface area contributed by atoms with E-state index in [1.807, 2.05) is 39.0 Å². The van der Waals surface area contributed by atoms with Crippen molar-refractivity contribution in [3.8, 4) is 22.6 Å². The molecule has 6 nitrogen and oxygen atoms in total. The monoisotopic (exact) mass is 438 g/mol. The topological polar surface area (TPSA) is 67.1 Å². The summed E-state index contributed by atoms with van der Waals surface area (Å²) in [5.74, 6) is 1.44. The molecule has 0 fully saturated rings. The summed E-state index contributed by atoms with van der Waals surface area (Å²) in [5, 5.41) is 21.1. The predicted octanol–water partition coefficient (Wildman–Crippen LogP) is 4.41. The molecule has 32 heavy (non-hydrogen) atoms. The molecule has 0 unspecified atom stereocenters. The smallest absolute Gasteiger partial charge is 0.155 e. The van der Waals surface area contributed by atoms with Crippen LogP contribution >= 0.6 is 0 Å². The van der Waals surface area contributed by atoms with E-state index in [1.165, 1.54) is 11.2 Å². The fourth-order valence-electron chi connectivity index (χ4n) is 4.91. The van der Waals surface area contributed by atoms with Crippen LogP contribution in [-0.4, -0.2) is 47.4 Å². The third kappa shape index (κ3) is 3.82. The second-order valence-electron chi connectivity index (χ2n) is 9.71. The van der Waals surface area contributed by atoms with Gasteiger partial charge in [0.1, 0.15) is 17.1 Å². The van der Waals surface area contributed by atoms with E-state index in [-0.39, 0.29) is 6.42 Å². The number of likely N-dealkylation sites (N-methyl/N-ethyl adjacent to an activating group) is 1. The Kier molecular flexibility index (Phi) is 5.63. The van der Waals surface area contributed by atoms with E-state index in [9.17, 15) is 10.2 Å². The SMILES string of the molecule is COc1ccc(-c2c(CC(O)O)c(C)c3c4c2cc(C)n4CCN3C)c(OC(C)(C)C)c1. The summed E-state index contributed by atoms with van der Waals surface area (Å²) < 4.78 is 14.2. The van der Waals surface area contributed by atoms with Gasteiger partial charge in [0.2, 0.25) is 0 Å². The van der Waals surface area contributed by atoms with Crippen LogP contribution in [0.3, 0.4) is 0 Å². The molecule has 0 bridgehead atoms. The Morgan fingerprint density at radius 3 is 2.44 bits per heavy atom. The van der Waals surface area contributed by atoms with Gasteiger partial charge in [-0.15, -0.1) is 0 Å². The maximum absolute atomic E-state index is 10.0. The van der Waals surface area contributed by atoms with Crippen molar-refractivity contribution in [3.63, 3.8) is 0 Å². The Labute approximate surface area is 190 Å². The zero-order valence-electron chi connectivity index (χ0n) is 20.1. The summed E-state index contributed by atoms with van der Waals surface area (Å²) in [4.78, 5) is 2.27. The second-order valence-corrected chi connectivity index (χ2v) is 9.71. The number of anilines is 1. The summed E-state index contributed by atoms with van der Waals surface area (Å²) in [5.41, 5.74) is 7.06. The summed E-state index contributed by atoms with van der Waals surface area (Å²) >= 11 is 0. The number of methoxy groups -OCH3 is 1. The van der Waals surface area contributed by atoms with Crippen molar-refractivity contribution in [3.05, 3.63) is 41.1 Å². The van der Waals surface area contributed by atoms with Crippen molar-refractivity contribution in [2.75, 3.05) is 25.6 Å². The molecule has 0 atom stereocenters. The predicted molar refractivity (Wildman–Crippen MR) is 129 cm³/mol. The average Bonchev–Trinajstić information content (AvgIpc) is 3.02. The van der Waals surface area contributed by atoms with E-state index in [0.29, 0.717) is 0 Å². The molecule has 2 aromatic carbocycles. The van der Waals surface area contributed by atoms with Crippen molar-refractivity contribution in [1.82, 2.24) is 4.57 Å². The Morgan fingerprint density at radius 1 is 1.09 bits per heavy atom. The van der Waals surface area contributed by atoms with E-state index in [4.69, 9.17) is 9.47 Å². The molecule has 0 saturated carbocycles. The van der Waals surface area contributed by atoms with Crippen LogP contribution in [0, 0.1) is 13.8 Å². The number of aryl methyl sites for hydroxylation is 1. The Balaban J connectivity index is 2.12. The zero-order valence-corrected chi connectivity index (χ0v) is 20.1. The average molecular weight is 439 g/mol. The Hall–Kier alpha value is -2.70. The van der Waals surface area contributed by atoms with Crippen LogP contribution in [0.2, 0.25) is 0 Å². The largest absolute Gasteiger partial charge is 0.497 e. The fourth-order valence-corrected chi connectivity index (χ4v) is 4.91. The van der Waals surface area contributed by atoms with Crippen molar-refractivity contribution in [2.45, 2.75) is 59.5 Å². The first kappa shape index (κ1) is 22.5.